The fourth-order valence-electron chi connectivity index (χ4n) is 1.70. The summed E-state index contributed by atoms with van der Waals surface area (Å²) >= 11 is 5.98. The summed E-state index contributed by atoms with van der Waals surface area (Å²) in [6, 6.07) is 14.0. The molecular formula is C13H14Cl2N2. The summed E-state index contributed by atoms with van der Waals surface area (Å²) in [6.45, 7) is 2.08. The van der Waals surface area contributed by atoms with E-state index in [0.717, 1.165) is 11.3 Å². The molecule has 0 saturated heterocycles. The van der Waals surface area contributed by atoms with E-state index in [4.69, 9.17) is 17.4 Å². The molecule has 0 unspecified atom stereocenters. The Labute approximate surface area is 112 Å². The van der Waals surface area contributed by atoms with Crippen molar-refractivity contribution >= 4 is 29.7 Å². The molecule has 0 bridgehead atoms. The lowest BCUT2D eigenvalue weighted by Gasteiger charge is -2.09. The van der Waals surface area contributed by atoms with Crippen molar-refractivity contribution < 1.29 is 0 Å². The lowest BCUT2D eigenvalue weighted by molar-refractivity contribution is 1.35. The van der Waals surface area contributed by atoms with Crippen LogP contribution in [-0.2, 0) is 0 Å². The third kappa shape index (κ3) is 2.91. The van der Waals surface area contributed by atoms with Gasteiger partial charge in [0.05, 0.1) is 10.7 Å². The van der Waals surface area contributed by atoms with Gasteiger partial charge in [0.25, 0.3) is 0 Å². The van der Waals surface area contributed by atoms with Crippen LogP contribution in [0.2, 0.25) is 5.02 Å². The van der Waals surface area contributed by atoms with Crippen LogP contribution in [0.3, 0.4) is 0 Å². The fraction of sp³-hybridized carbons (Fsp3) is 0.0769. The van der Waals surface area contributed by atoms with Gasteiger partial charge in [-0.2, -0.15) is 0 Å². The van der Waals surface area contributed by atoms with Gasteiger partial charge in [0.2, 0.25) is 0 Å². The molecule has 2 aromatic rings. The zero-order valence-electron chi connectivity index (χ0n) is 9.41. The van der Waals surface area contributed by atoms with E-state index in [1.165, 1.54) is 11.1 Å². The highest BCUT2D eigenvalue weighted by molar-refractivity contribution is 6.33. The van der Waals surface area contributed by atoms with Crippen molar-refractivity contribution in [1.29, 1.82) is 0 Å². The Morgan fingerprint density at radius 3 is 2.47 bits per heavy atom. The number of benzene rings is 2. The van der Waals surface area contributed by atoms with Crippen molar-refractivity contribution in [2.75, 3.05) is 5.43 Å². The molecule has 0 spiro atoms. The number of hydrazine groups is 1. The van der Waals surface area contributed by atoms with Gasteiger partial charge in [-0.25, -0.2) is 0 Å². The molecule has 2 rings (SSSR count). The van der Waals surface area contributed by atoms with Crippen molar-refractivity contribution in [2.45, 2.75) is 6.92 Å². The number of rotatable bonds is 2. The Morgan fingerprint density at radius 2 is 1.82 bits per heavy atom. The average Bonchev–Trinajstić information content (AvgIpc) is 2.31. The highest BCUT2D eigenvalue weighted by Crippen LogP contribution is 2.29. The summed E-state index contributed by atoms with van der Waals surface area (Å²) in [5.74, 6) is 5.40. The van der Waals surface area contributed by atoms with Crippen molar-refractivity contribution in [3.05, 3.63) is 53.1 Å². The van der Waals surface area contributed by atoms with E-state index in [0.29, 0.717) is 5.02 Å². The van der Waals surface area contributed by atoms with Gasteiger partial charge in [0.15, 0.2) is 0 Å². The second kappa shape index (κ2) is 5.92. The molecule has 0 saturated carbocycles. The summed E-state index contributed by atoms with van der Waals surface area (Å²) in [6.07, 6.45) is 0. The Morgan fingerprint density at radius 1 is 1.12 bits per heavy atom. The molecule has 4 heteroatoms. The predicted molar refractivity (Wildman–Crippen MR) is 76.7 cm³/mol. The topological polar surface area (TPSA) is 38.0 Å². The number of nitrogens with two attached hydrogens (primary N) is 1. The molecule has 2 aromatic carbocycles. The summed E-state index contributed by atoms with van der Waals surface area (Å²) < 4.78 is 0. The van der Waals surface area contributed by atoms with Gasteiger partial charge in [0.1, 0.15) is 0 Å². The predicted octanol–water partition coefficient (Wildman–Crippen LogP) is 4.02. The zero-order valence-corrected chi connectivity index (χ0v) is 11.0. The molecule has 17 heavy (non-hydrogen) atoms. The molecule has 2 nitrogen and oxygen atoms in total. The number of hydrogen-bond acceptors (Lipinski definition) is 2. The Hall–Kier alpha value is -1.22. The average molecular weight is 269 g/mol. The second-order valence-corrected chi connectivity index (χ2v) is 4.06. The maximum atomic E-state index is 5.98. The van der Waals surface area contributed by atoms with Gasteiger partial charge >= 0.3 is 0 Å². The molecule has 0 amide bonds. The summed E-state index contributed by atoms with van der Waals surface area (Å²) in [4.78, 5) is 0. The van der Waals surface area contributed by atoms with Crippen LogP contribution in [0.25, 0.3) is 11.1 Å². The van der Waals surface area contributed by atoms with Crippen molar-refractivity contribution in [3.63, 3.8) is 0 Å². The molecule has 0 aliphatic rings. The van der Waals surface area contributed by atoms with Crippen molar-refractivity contribution in [2.24, 2.45) is 5.84 Å². The SMILES string of the molecule is Cc1ccccc1-c1ccc(Cl)c(NN)c1.Cl. The number of halogens is 2. The van der Waals surface area contributed by atoms with E-state index < -0.39 is 0 Å². The van der Waals surface area contributed by atoms with E-state index in [1.807, 2.05) is 30.3 Å². The van der Waals surface area contributed by atoms with Crippen LogP contribution >= 0.6 is 24.0 Å². The first kappa shape index (κ1) is 13.8. The third-order valence-electron chi connectivity index (χ3n) is 2.58. The van der Waals surface area contributed by atoms with Crippen LogP contribution in [0.15, 0.2) is 42.5 Å². The minimum atomic E-state index is 0. The minimum Gasteiger partial charge on any atom is -0.323 e. The summed E-state index contributed by atoms with van der Waals surface area (Å²) in [7, 11) is 0. The summed E-state index contributed by atoms with van der Waals surface area (Å²) in [5.41, 5.74) is 6.86. The van der Waals surface area contributed by atoms with Gasteiger partial charge in [-0.1, -0.05) is 41.9 Å². The monoisotopic (exact) mass is 268 g/mol. The molecule has 0 atom stereocenters. The number of nitrogen functional groups attached to an aromatic ring is 1. The van der Waals surface area contributed by atoms with E-state index in [1.54, 1.807) is 0 Å². The second-order valence-electron chi connectivity index (χ2n) is 3.65. The smallest absolute Gasteiger partial charge is 0.0678 e. The Balaban J connectivity index is 0.00000144. The maximum absolute atomic E-state index is 5.98. The van der Waals surface area contributed by atoms with Crippen molar-refractivity contribution in [1.82, 2.24) is 0 Å². The van der Waals surface area contributed by atoms with Gasteiger partial charge in [0, 0.05) is 0 Å². The van der Waals surface area contributed by atoms with E-state index >= 15 is 0 Å². The minimum absolute atomic E-state index is 0. The standard InChI is InChI=1S/C13H13ClN2.ClH/c1-9-4-2-3-5-11(9)10-6-7-12(14)13(8-10)16-15;/h2-8,16H,15H2,1H3;1H. The van der Waals surface area contributed by atoms with E-state index in [2.05, 4.69) is 24.5 Å². The number of hydrogen-bond donors (Lipinski definition) is 2. The molecule has 0 heterocycles. The maximum Gasteiger partial charge on any atom is 0.0678 e. The fourth-order valence-corrected chi connectivity index (χ4v) is 1.87. The molecule has 3 N–H and O–H groups in total. The van der Waals surface area contributed by atoms with E-state index in [-0.39, 0.29) is 12.4 Å². The first-order valence-corrected chi connectivity index (χ1v) is 5.42. The number of aryl methyl sites for hydroxylation is 1. The van der Waals surface area contributed by atoms with Crippen LogP contribution in [0, 0.1) is 6.92 Å². The molecule has 90 valence electrons. The summed E-state index contributed by atoms with van der Waals surface area (Å²) in [5, 5.41) is 0.625. The van der Waals surface area contributed by atoms with Crippen LogP contribution < -0.4 is 11.3 Å². The Kier molecular flexibility index (Phi) is 4.82. The van der Waals surface area contributed by atoms with Crippen LogP contribution in [0.4, 0.5) is 5.69 Å². The van der Waals surface area contributed by atoms with Crippen LogP contribution in [0.5, 0.6) is 0 Å². The lowest BCUT2D eigenvalue weighted by Crippen LogP contribution is -2.07. The number of nitrogens with one attached hydrogen (secondary N) is 1. The van der Waals surface area contributed by atoms with Gasteiger partial charge in [-0.3, -0.25) is 5.84 Å². The quantitative estimate of drug-likeness (QED) is 0.638. The molecule has 0 aliphatic carbocycles. The Bertz CT molecular complexity index is 513. The zero-order chi connectivity index (χ0) is 11.5. The number of anilines is 1. The van der Waals surface area contributed by atoms with Crippen molar-refractivity contribution in [3.8, 4) is 11.1 Å². The highest BCUT2D eigenvalue weighted by atomic mass is 35.5. The molecular weight excluding hydrogens is 255 g/mol. The van der Waals surface area contributed by atoms with Crippen LogP contribution in [-0.4, -0.2) is 0 Å². The molecule has 0 fully saturated rings. The molecule has 0 radical (unpaired) electrons. The van der Waals surface area contributed by atoms with Gasteiger partial charge in [-0.05, 0) is 35.7 Å². The van der Waals surface area contributed by atoms with Crippen LogP contribution in [0.1, 0.15) is 5.56 Å². The first-order chi connectivity index (χ1) is 7.72. The normalized spacial score (nSPS) is 9.59. The lowest BCUT2D eigenvalue weighted by atomic mass is 10.0. The van der Waals surface area contributed by atoms with Gasteiger partial charge in [-0.15, -0.1) is 12.4 Å². The first-order valence-electron chi connectivity index (χ1n) is 5.04. The van der Waals surface area contributed by atoms with Gasteiger partial charge < -0.3 is 5.43 Å². The molecule has 0 aliphatic heterocycles. The molecule has 0 aromatic heterocycles. The largest absolute Gasteiger partial charge is 0.323 e. The highest BCUT2D eigenvalue weighted by Gasteiger charge is 2.04. The van der Waals surface area contributed by atoms with E-state index in [9.17, 15) is 0 Å². The third-order valence-corrected chi connectivity index (χ3v) is 2.91.